The van der Waals surface area contributed by atoms with Crippen LogP contribution in [-0.2, 0) is 23.9 Å². The Morgan fingerprint density at radius 1 is 1.30 bits per heavy atom. The van der Waals surface area contributed by atoms with Gasteiger partial charge < -0.3 is 25.5 Å². The summed E-state index contributed by atoms with van der Waals surface area (Å²) in [6, 6.07) is 4.30. The third-order valence-electron chi connectivity index (χ3n) is 4.44. The number of rotatable bonds is 6. The fourth-order valence-electron chi connectivity index (χ4n) is 3.05. The van der Waals surface area contributed by atoms with Crippen molar-refractivity contribution in [1.82, 2.24) is 10.2 Å². The molecule has 12 heteroatoms. The lowest BCUT2D eigenvalue weighted by Crippen LogP contribution is -2.71. The number of esters is 1. The topological polar surface area (TPSA) is 166 Å². The van der Waals surface area contributed by atoms with Gasteiger partial charge >= 0.3 is 11.9 Å². The van der Waals surface area contributed by atoms with Crippen LogP contribution in [0, 0.1) is 0 Å². The summed E-state index contributed by atoms with van der Waals surface area (Å²) in [5, 5.41) is 32.8. The summed E-state index contributed by atoms with van der Waals surface area (Å²) in [6.45, 7) is 0.939. The maximum atomic E-state index is 12.6. The van der Waals surface area contributed by atoms with Crippen LogP contribution in [0.1, 0.15) is 12.5 Å². The monoisotopic (exact) mass is 435 g/mol. The number of benzene rings is 1. The number of phenols is 1. The molecule has 0 unspecified atom stereocenters. The van der Waals surface area contributed by atoms with Gasteiger partial charge in [0.15, 0.2) is 5.71 Å². The number of β-lactam (4-membered cyclic amide) rings is 1. The minimum absolute atomic E-state index is 0.0441. The van der Waals surface area contributed by atoms with Gasteiger partial charge in [-0.05, 0) is 24.3 Å². The van der Waals surface area contributed by atoms with Crippen molar-refractivity contribution in [3.8, 4) is 5.75 Å². The quantitative estimate of drug-likeness (QED) is 0.157. The van der Waals surface area contributed by atoms with Gasteiger partial charge in [0.2, 0.25) is 0 Å². The summed E-state index contributed by atoms with van der Waals surface area (Å²) in [5.41, 5.74) is -0.155. The highest BCUT2D eigenvalue weighted by molar-refractivity contribution is 8.00. The molecule has 0 bridgehead atoms. The molecule has 2 heterocycles. The molecule has 2 aliphatic heterocycles. The van der Waals surface area contributed by atoms with Crippen molar-refractivity contribution in [2.45, 2.75) is 18.3 Å². The van der Waals surface area contributed by atoms with Crippen molar-refractivity contribution in [1.29, 1.82) is 0 Å². The van der Waals surface area contributed by atoms with Gasteiger partial charge in [0.25, 0.3) is 11.8 Å². The smallest absolute Gasteiger partial charge is 0.352 e. The van der Waals surface area contributed by atoms with Gasteiger partial charge in [-0.2, -0.15) is 0 Å². The van der Waals surface area contributed by atoms with Crippen LogP contribution in [0.25, 0.3) is 0 Å². The predicted molar refractivity (Wildman–Crippen MR) is 103 cm³/mol. The first-order chi connectivity index (χ1) is 14.2. The second-order valence-corrected chi connectivity index (χ2v) is 7.50. The van der Waals surface area contributed by atoms with Crippen LogP contribution < -0.4 is 5.32 Å². The van der Waals surface area contributed by atoms with Crippen molar-refractivity contribution < 1.29 is 39.3 Å². The van der Waals surface area contributed by atoms with Crippen molar-refractivity contribution in [2.24, 2.45) is 5.16 Å². The first-order valence-corrected chi connectivity index (χ1v) is 9.65. The van der Waals surface area contributed by atoms with E-state index in [4.69, 9.17) is 4.74 Å². The molecule has 0 saturated carbocycles. The zero-order valence-electron chi connectivity index (χ0n) is 15.6. The number of phenolic OH excluding ortho intramolecular Hbond substituents is 1. The number of hydrogen-bond acceptors (Lipinski definition) is 9. The van der Waals surface area contributed by atoms with Crippen molar-refractivity contribution in [3.63, 3.8) is 0 Å². The Bertz CT molecular complexity index is 972. The van der Waals surface area contributed by atoms with Crippen LogP contribution >= 0.6 is 11.8 Å². The minimum atomic E-state index is -1.35. The SMILES string of the molecule is CC(=O)OCC1=C(C(=O)O)N2C(=O)[C@@H](NC(=O)C(=NO)c3ccc(O)cc3)[C@H]2SC1. The molecular weight excluding hydrogens is 418 g/mol. The molecule has 1 aromatic rings. The molecule has 0 radical (unpaired) electrons. The molecule has 2 amide bonds. The van der Waals surface area contributed by atoms with E-state index in [2.05, 4.69) is 10.5 Å². The fraction of sp³-hybridized carbons (Fsp3) is 0.278. The number of amides is 2. The van der Waals surface area contributed by atoms with Gasteiger partial charge in [0.05, 0.1) is 0 Å². The number of carboxylic acid groups (broad SMARTS) is 1. The molecule has 2 atom stereocenters. The number of thioether (sulfide) groups is 1. The molecule has 1 fully saturated rings. The Morgan fingerprint density at radius 3 is 2.53 bits per heavy atom. The largest absolute Gasteiger partial charge is 0.508 e. The first kappa shape index (κ1) is 21.2. The Balaban J connectivity index is 1.76. The van der Waals surface area contributed by atoms with Gasteiger partial charge in [-0.1, -0.05) is 5.16 Å². The number of hydrogen-bond donors (Lipinski definition) is 4. The molecule has 0 aromatic heterocycles. The maximum Gasteiger partial charge on any atom is 0.352 e. The van der Waals surface area contributed by atoms with Crippen molar-refractivity contribution >= 4 is 41.2 Å². The molecule has 30 heavy (non-hydrogen) atoms. The number of carbonyl (C=O) groups is 4. The van der Waals surface area contributed by atoms with Gasteiger partial charge in [-0.3, -0.25) is 19.3 Å². The van der Waals surface area contributed by atoms with E-state index in [-0.39, 0.29) is 40.7 Å². The molecular formula is C18H17N3O8S. The van der Waals surface area contributed by atoms with Crippen molar-refractivity contribution in [3.05, 3.63) is 41.1 Å². The number of fused-ring (bicyclic) bond motifs is 1. The molecule has 3 rings (SSSR count). The third-order valence-corrected chi connectivity index (χ3v) is 5.78. The number of oxime groups is 1. The Labute approximate surface area is 174 Å². The van der Waals surface area contributed by atoms with Crippen LogP contribution in [0.2, 0.25) is 0 Å². The lowest BCUT2D eigenvalue weighted by Gasteiger charge is -2.49. The van der Waals surface area contributed by atoms with E-state index >= 15 is 0 Å². The Hall–Kier alpha value is -3.54. The second-order valence-electron chi connectivity index (χ2n) is 6.39. The number of aliphatic carboxylic acids is 1. The predicted octanol–water partition coefficient (Wildman–Crippen LogP) is -0.128. The number of aromatic hydroxyl groups is 1. The summed E-state index contributed by atoms with van der Waals surface area (Å²) >= 11 is 1.21. The van der Waals surface area contributed by atoms with E-state index in [1.165, 1.54) is 43.0 Å². The minimum Gasteiger partial charge on any atom is -0.508 e. The normalized spacial score (nSPS) is 20.9. The third kappa shape index (κ3) is 3.94. The van der Waals surface area contributed by atoms with E-state index in [9.17, 15) is 34.6 Å². The van der Waals surface area contributed by atoms with E-state index < -0.39 is 35.2 Å². The zero-order valence-corrected chi connectivity index (χ0v) is 16.4. The van der Waals surface area contributed by atoms with E-state index in [1.807, 2.05) is 0 Å². The lowest BCUT2D eigenvalue weighted by atomic mass is 10.0. The number of carbonyl (C=O) groups excluding carboxylic acids is 3. The number of ether oxygens (including phenoxy) is 1. The van der Waals surface area contributed by atoms with Crippen LogP contribution in [0.4, 0.5) is 0 Å². The maximum absolute atomic E-state index is 12.6. The first-order valence-electron chi connectivity index (χ1n) is 8.60. The molecule has 11 nitrogen and oxygen atoms in total. The molecule has 158 valence electrons. The van der Waals surface area contributed by atoms with Gasteiger partial charge in [0.1, 0.15) is 29.5 Å². The number of carboxylic acids is 1. The summed E-state index contributed by atoms with van der Waals surface area (Å²) in [5.74, 6) is -3.27. The summed E-state index contributed by atoms with van der Waals surface area (Å²) in [6.07, 6.45) is 0. The van der Waals surface area contributed by atoms with Gasteiger partial charge in [0, 0.05) is 23.8 Å². The summed E-state index contributed by atoms with van der Waals surface area (Å²) in [7, 11) is 0. The highest BCUT2D eigenvalue weighted by Gasteiger charge is 2.54. The fourth-order valence-corrected chi connectivity index (χ4v) is 4.37. The molecule has 0 aliphatic carbocycles. The number of nitrogens with zero attached hydrogens (tertiary/aromatic N) is 2. The highest BCUT2D eigenvalue weighted by atomic mass is 32.2. The molecule has 2 aliphatic rings. The zero-order chi connectivity index (χ0) is 22.0. The van der Waals surface area contributed by atoms with E-state index in [0.717, 1.165) is 4.90 Å². The van der Waals surface area contributed by atoms with E-state index in [0.29, 0.717) is 0 Å². The van der Waals surface area contributed by atoms with Crippen LogP contribution in [0.15, 0.2) is 40.7 Å². The summed E-state index contributed by atoms with van der Waals surface area (Å²) < 4.78 is 4.86. The lowest BCUT2D eigenvalue weighted by molar-refractivity contribution is -0.150. The Kier molecular flexibility index (Phi) is 5.96. The molecule has 0 spiro atoms. The van der Waals surface area contributed by atoms with Crippen LogP contribution in [0.5, 0.6) is 5.75 Å². The van der Waals surface area contributed by atoms with Crippen molar-refractivity contribution in [2.75, 3.05) is 12.4 Å². The van der Waals surface area contributed by atoms with Crippen LogP contribution in [-0.4, -0.2) is 73.6 Å². The average Bonchev–Trinajstić information content (AvgIpc) is 2.71. The van der Waals surface area contributed by atoms with E-state index in [1.54, 1.807) is 0 Å². The number of nitrogens with one attached hydrogen (secondary N) is 1. The molecule has 4 N–H and O–H groups in total. The second kappa shape index (κ2) is 8.45. The van der Waals surface area contributed by atoms with Gasteiger partial charge in [-0.15, -0.1) is 11.8 Å². The van der Waals surface area contributed by atoms with Crippen LogP contribution in [0.3, 0.4) is 0 Å². The Morgan fingerprint density at radius 2 is 1.97 bits per heavy atom. The molecule has 1 aromatic carbocycles. The van der Waals surface area contributed by atoms with Gasteiger partial charge in [-0.25, -0.2) is 4.79 Å². The highest BCUT2D eigenvalue weighted by Crippen LogP contribution is 2.40. The summed E-state index contributed by atoms with van der Waals surface area (Å²) in [4.78, 5) is 48.8. The molecule has 1 saturated heterocycles. The standard InChI is InChI=1S/C18H17N3O8S/c1-8(22)29-6-10-7-30-17-13(16(25)21(17)14(10)18(26)27)19-15(24)12(20-28)9-2-4-11(23)5-3-9/h2-5,13,17,23,28H,6-7H2,1H3,(H,19,24)(H,26,27)/t13-,17-/m1/s1. The average molecular weight is 435 g/mol.